The molecule has 5 rings (SSSR count). The summed E-state index contributed by atoms with van der Waals surface area (Å²) in [5, 5.41) is 0. The third kappa shape index (κ3) is 5.44. The van der Waals surface area contributed by atoms with Gasteiger partial charge in [0, 0.05) is 49.4 Å². The molecule has 1 aliphatic heterocycles. The van der Waals surface area contributed by atoms with Crippen LogP contribution >= 0.6 is 0 Å². The smallest absolute Gasteiger partial charge is 0.254 e. The lowest BCUT2D eigenvalue weighted by molar-refractivity contribution is 0.0737. The molecule has 0 aliphatic carbocycles. The van der Waals surface area contributed by atoms with Gasteiger partial charge in [0.2, 0.25) is 0 Å². The quantitative estimate of drug-likeness (QED) is 0.409. The molecule has 0 spiro atoms. The first-order chi connectivity index (χ1) is 17.2. The SMILES string of the molecule is COc1cc(C(=O)N2CCOCC(Cc3ccc4nccn4c3)C2)ccc1OCc1ccccn1. The van der Waals surface area contributed by atoms with Crippen LogP contribution in [0.3, 0.4) is 0 Å². The molecule has 8 nitrogen and oxygen atoms in total. The molecule has 1 aliphatic rings. The molecule has 1 unspecified atom stereocenters. The highest BCUT2D eigenvalue weighted by Gasteiger charge is 2.24. The molecule has 1 amide bonds. The molecule has 1 saturated heterocycles. The lowest BCUT2D eigenvalue weighted by Crippen LogP contribution is -2.36. The third-order valence-electron chi connectivity index (χ3n) is 6.11. The molecule has 1 atom stereocenters. The van der Waals surface area contributed by atoms with Crippen molar-refractivity contribution in [3.8, 4) is 11.5 Å². The summed E-state index contributed by atoms with van der Waals surface area (Å²) in [6.45, 7) is 2.64. The number of hydrogen-bond donors (Lipinski definition) is 0. The highest BCUT2D eigenvalue weighted by Crippen LogP contribution is 2.29. The second-order valence-corrected chi connectivity index (χ2v) is 8.60. The molecule has 4 heterocycles. The summed E-state index contributed by atoms with van der Waals surface area (Å²) in [4.78, 5) is 23.8. The number of carbonyl (C=O) groups is 1. The van der Waals surface area contributed by atoms with E-state index in [1.807, 2.05) is 39.8 Å². The Morgan fingerprint density at radius 1 is 1.11 bits per heavy atom. The van der Waals surface area contributed by atoms with Crippen LogP contribution in [0.1, 0.15) is 21.6 Å². The van der Waals surface area contributed by atoms with Gasteiger partial charge in [0.25, 0.3) is 5.91 Å². The van der Waals surface area contributed by atoms with Crippen LogP contribution in [-0.2, 0) is 17.8 Å². The van der Waals surface area contributed by atoms with Crippen molar-refractivity contribution in [2.45, 2.75) is 13.0 Å². The van der Waals surface area contributed by atoms with E-state index in [0.29, 0.717) is 50.0 Å². The lowest BCUT2D eigenvalue weighted by atomic mass is 10.0. The summed E-state index contributed by atoms with van der Waals surface area (Å²) in [5.74, 6) is 1.25. The van der Waals surface area contributed by atoms with Gasteiger partial charge in [0.15, 0.2) is 11.5 Å². The van der Waals surface area contributed by atoms with E-state index < -0.39 is 0 Å². The Kier molecular flexibility index (Phi) is 6.90. The second kappa shape index (κ2) is 10.6. The van der Waals surface area contributed by atoms with E-state index in [-0.39, 0.29) is 11.8 Å². The Morgan fingerprint density at radius 3 is 2.91 bits per heavy atom. The van der Waals surface area contributed by atoms with Gasteiger partial charge in [-0.15, -0.1) is 0 Å². The van der Waals surface area contributed by atoms with E-state index in [4.69, 9.17) is 14.2 Å². The maximum Gasteiger partial charge on any atom is 0.254 e. The van der Waals surface area contributed by atoms with E-state index in [1.165, 1.54) is 5.56 Å². The Bertz CT molecular complexity index is 1290. The summed E-state index contributed by atoms with van der Waals surface area (Å²) >= 11 is 0. The normalized spacial score (nSPS) is 16.1. The molecule has 8 heteroatoms. The summed E-state index contributed by atoms with van der Waals surface area (Å²) in [6.07, 6.45) is 8.37. The van der Waals surface area contributed by atoms with Crippen LogP contribution in [0, 0.1) is 5.92 Å². The van der Waals surface area contributed by atoms with Crippen molar-refractivity contribution in [3.05, 3.63) is 90.1 Å². The average Bonchev–Trinajstić information content (AvgIpc) is 3.24. The van der Waals surface area contributed by atoms with Gasteiger partial charge in [0.1, 0.15) is 12.3 Å². The molecular formula is C27H28N4O4. The van der Waals surface area contributed by atoms with Crippen LogP contribution in [0.15, 0.2) is 73.3 Å². The van der Waals surface area contributed by atoms with E-state index in [0.717, 1.165) is 17.8 Å². The number of benzene rings is 1. The zero-order valence-electron chi connectivity index (χ0n) is 19.7. The molecule has 1 fully saturated rings. The summed E-state index contributed by atoms with van der Waals surface area (Å²) in [5.41, 5.74) is 3.49. The number of aromatic nitrogens is 3. The summed E-state index contributed by atoms with van der Waals surface area (Å²) in [7, 11) is 1.57. The number of methoxy groups -OCH3 is 1. The molecule has 0 saturated carbocycles. The van der Waals surface area contributed by atoms with Gasteiger partial charge in [-0.25, -0.2) is 4.98 Å². The number of imidazole rings is 1. The first kappa shape index (κ1) is 22.9. The minimum atomic E-state index is -0.0415. The maximum absolute atomic E-state index is 13.4. The van der Waals surface area contributed by atoms with Crippen LogP contribution in [-0.4, -0.2) is 58.6 Å². The van der Waals surface area contributed by atoms with Crippen molar-refractivity contribution in [3.63, 3.8) is 0 Å². The van der Waals surface area contributed by atoms with E-state index in [9.17, 15) is 4.79 Å². The number of pyridine rings is 2. The van der Waals surface area contributed by atoms with E-state index in [1.54, 1.807) is 37.7 Å². The van der Waals surface area contributed by atoms with E-state index >= 15 is 0 Å². The summed E-state index contributed by atoms with van der Waals surface area (Å²) in [6, 6.07) is 15.1. The van der Waals surface area contributed by atoms with Crippen LogP contribution in [0.2, 0.25) is 0 Å². The number of carbonyl (C=O) groups excluding carboxylic acids is 1. The zero-order chi connectivity index (χ0) is 24.0. The molecule has 4 aromatic rings. The first-order valence-corrected chi connectivity index (χ1v) is 11.7. The van der Waals surface area contributed by atoms with Crippen molar-refractivity contribution < 1.29 is 19.0 Å². The second-order valence-electron chi connectivity index (χ2n) is 8.60. The van der Waals surface area contributed by atoms with Crippen molar-refractivity contribution >= 4 is 11.6 Å². The van der Waals surface area contributed by atoms with Crippen LogP contribution in [0.5, 0.6) is 11.5 Å². The van der Waals surface area contributed by atoms with Crippen molar-refractivity contribution in [1.82, 2.24) is 19.3 Å². The van der Waals surface area contributed by atoms with Crippen LogP contribution < -0.4 is 9.47 Å². The van der Waals surface area contributed by atoms with Crippen molar-refractivity contribution in [2.24, 2.45) is 5.92 Å². The predicted octanol–water partition coefficient (Wildman–Crippen LogP) is 3.65. The predicted molar refractivity (Wildman–Crippen MR) is 131 cm³/mol. The monoisotopic (exact) mass is 472 g/mol. The van der Waals surface area contributed by atoms with Gasteiger partial charge in [0.05, 0.1) is 26.0 Å². The molecule has 0 radical (unpaired) electrons. The number of fused-ring (bicyclic) bond motifs is 1. The first-order valence-electron chi connectivity index (χ1n) is 11.7. The molecule has 180 valence electrons. The number of ether oxygens (including phenoxy) is 3. The van der Waals surface area contributed by atoms with Gasteiger partial charge in [-0.1, -0.05) is 12.1 Å². The zero-order valence-corrected chi connectivity index (χ0v) is 19.7. The van der Waals surface area contributed by atoms with E-state index in [2.05, 4.69) is 22.2 Å². The Balaban J connectivity index is 1.27. The maximum atomic E-state index is 13.4. The van der Waals surface area contributed by atoms with Crippen LogP contribution in [0.4, 0.5) is 0 Å². The van der Waals surface area contributed by atoms with Gasteiger partial charge >= 0.3 is 0 Å². The number of hydrogen-bond acceptors (Lipinski definition) is 6. The molecule has 3 aromatic heterocycles. The van der Waals surface area contributed by atoms with Gasteiger partial charge in [-0.2, -0.15) is 0 Å². The van der Waals surface area contributed by atoms with Gasteiger partial charge in [-0.3, -0.25) is 9.78 Å². The minimum absolute atomic E-state index is 0.0415. The Labute approximate surface area is 204 Å². The molecule has 0 N–H and O–H groups in total. The fraction of sp³-hybridized carbons (Fsp3) is 0.296. The Morgan fingerprint density at radius 2 is 2.06 bits per heavy atom. The molecule has 35 heavy (non-hydrogen) atoms. The van der Waals surface area contributed by atoms with Crippen molar-refractivity contribution in [2.75, 3.05) is 33.4 Å². The Hall–Kier alpha value is -3.91. The molecule has 1 aromatic carbocycles. The number of nitrogens with zero attached hydrogens (tertiary/aromatic N) is 4. The number of amides is 1. The topological polar surface area (TPSA) is 78.2 Å². The largest absolute Gasteiger partial charge is 0.493 e. The standard InChI is InChI=1S/C27H28N4O4/c1-33-25-15-22(6-7-24(25)35-19-23-4-2-3-9-28-23)27(32)31-12-13-34-18-21(17-31)14-20-5-8-26-29-10-11-30(26)16-20/h2-11,15-16,21H,12-14,17-19H2,1H3. The molecular weight excluding hydrogens is 444 g/mol. The van der Waals surface area contributed by atoms with Gasteiger partial charge < -0.3 is 23.5 Å². The highest BCUT2D eigenvalue weighted by molar-refractivity contribution is 5.95. The number of rotatable bonds is 7. The highest BCUT2D eigenvalue weighted by atomic mass is 16.5. The fourth-order valence-corrected chi connectivity index (χ4v) is 4.35. The minimum Gasteiger partial charge on any atom is -0.493 e. The average molecular weight is 473 g/mol. The third-order valence-corrected chi connectivity index (χ3v) is 6.11. The summed E-state index contributed by atoms with van der Waals surface area (Å²) < 4.78 is 19.3. The fourth-order valence-electron chi connectivity index (χ4n) is 4.35. The van der Waals surface area contributed by atoms with Crippen molar-refractivity contribution in [1.29, 1.82) is 0 Å². The molecule has 0 bridgehead atoms. The lowest BCUT2D eigenvalue weighted by Gasteiger charge is -2.24. The van der Waals surface area contributed by atoms with Crippen LogP contribution in [0.25, 0.3) is 5.65 Å². The van der Waals surface area contributed by atoms with Gasteiger partial charge in [-0.05, 0) is 48.4 Å².